The molecule has 1 aromatic carbocycles. The van der Waals surface area contributed by atoms with Crippen LogP contribution in [-0.2, 0) is 6.54 Å². The predicted octanol–water partition coefficient (Wildman–Crippen LogP) is 2.61. The zero-order valence-electron chi connectivity index (χ0n) is 12.7. The molecule has 0 saturated carbocycles. The van der Waals surface area contributed by atoms with Crippen LogP contribution < -0.4 is 4.90 Å². The van der Waals surface area contributed by atoms with E-state index in [1.54, 1.807) is 6.07 Å². The van der Waals surface area contributed by atoms with Crippen LogP contribution in [0, 0.1) is 6.92 Å². The van der Waals surface area contributed by atoms with Gasteiger partial charge >= 0.3 is 5.97 Å². The van der Waals surface area contributed by atoms with Gasteiger partial charge in [-0.3, -0.25) is 4.90 Å². The van der Waals surface area contributed by atoms with E-state index in [0.717, 1.165) is 38.3 Å². The standard InChI is InChI=1S/C17H20N2O3/c1-13-14(11-16(22-13)17(20)21)12-18-7-9-19(10-8-18)15-5-3-2-4-6-15/h2-6,11H,7-10,12H2,1H3,(H,20,21). The Morgan fingerprint density at radius 3 is 2.45 bits per heavy atom. The average molecular weight is 300 g/mol. The van der Waals surface area contributed by atoms with Crippen molar-refractivity contribution in [2.75, 3.05) is 31.1 Å². The average Bonchev–Trinajstić information content (AvgIpc) is 2.90. The maximum atomic E-state index is 10.9. The molecule has 5 nitrogen and oxygen atoms in total. The SMILES string of the molecule is Cc1oc(C(=O)O)cc1CN1CCN(c2ccccc2)CC1. The quantitative estimate of drug-likeness (QED) is 0.940. The van der Waals surface area contributed by atoms with Gasteiger partial charge in [0, 0.05) is 44.0 Å². The molecular formula is C17H20N2O3. The van der Waals surface area contributed by atoms with Crippen molar-refractivity contribution in [2.24, 2.45) is 0 Å². The minimum absolute atomic E-state index is 0.0235. The van der Waals surface area contributed by atoms with Gasteiger partial charge in [-0.1, -0.05) is 18.2 Å². The summed E-state index contributed by atoms with van der Waals surface area (Å²) in [5.41, 5.74) is 2.22. The Balaban J connectivity index is 1.59. The van der Waals surface area contributed by atoms with Crippen LogP contribution in [0.4, 0.5) is 5.69 Å². The number of furan rings is 1. The van der Waals surface area contributed by atoms with E-state index in [2.05, 4.69) is 34.1 Å². The van der Waals surface area contributed by atoms with Gasteiger partial charge in [0.1, 0.15) is 5.76 Å². The number of anilines is 1. The Kier molecular flexibility index (Phi) is 4.15. The molecular weight excluding hydrogens is 280 g/mol. The van der Waals surface area contributed by atoms with Gasteiger partial charge in [-0.25, -0.2) is 4.79 Å². The third-order valence-corrected chi connectivity index (χ3v) is 4.12. The molecule has 1 aliphatic rings. The first-order chi connectivity index (χ1) is 10.6. The lowest BCUT2D eigenvalue weighted by atomic mass is 10.2. The number of carbonyl (C=O) groups is 1. The molecule has 1 N–H and O–H groups in total. The van der Waals surface area contributed by atoms with Gasteiger partial charge < -0.3 is 14.4 Å². The zero-order chi connectivity index (χ0) is 15.5. The Morgan fingerprint density at radius 2 is 1.86 bits per heavy atom. The van der Waals surface area contributed by atoms with Gasteiger partial charge in [-0.05, 0) is 25.1 Å². The van der Waals surface area contributed by atoms with E-state index in [1.165, 1.54) is 5.69 Å². The highest BCUT2D eigenvalue weighted by Crippen LogP contribution is 2.20. The molecule has 0 aliphatic carbocycles. The molecule has 3 rings (SSSR count). The fourth-order valence-corrected chi connectivity index (χ4v) is 2.83. The maximum Gasteiger partial charge on any atom is 0.371 e. The van der Waals surface area contributed by atoms with Crippen LogP contribution in [0.3, 0.4) is 0 Å². The largest absolute Gasteiger partial charge is 0.475 e. The lowest BCUT2D eigenvalue weighted by Gasteiger charge is -2.36. The number of carboxylic acid groups (broad SMARTS) is 1. The van der Waals surface area contributed by atoms with Crippen LogP contribution in [0.5, 0.6) is 0 Å². The van der Waals surface area contributed by atoms with E-state index in [9.17, 15) is 4.79 Å². The van der Waals surface area contributed by atoms with E-state index >= 15 is 0 Å². The number of rotatable bonds is 4. The minimum Gasteiger partial charge on any atom is -0.475 e. The number of nitrogens with zero attached hydrogens (tertiary/aromatic N) is 2. The van der Waals surface area contributed by atoms with E-state index in [-0.39, 0.29) is 5.76 Å². The van der Waals surface area contributed by atoms with Gasteiger partial charge in [0.05, 0.1) is 0 Å². The van der Waals surface area contributed by atoms with E-state index in [1.807, 2.05) is 13.0 Å². The summed E-state index contributed by atoms with van der Waals surface area (Å²) in [4.78, 5) is 15.7. The molecule has 22 heavy (non-hydrogen) atoms. The number of para-hydroxylation sites is 1. The third kappa shape index (κ3) is 3.14. The topological polar surface area (TPSA) is 56.9 Å². The molecule has 5 heteroatoms. The molecule has 1 aromatic heterocycles. The first-order valence-corrected chi connectivity index (χ1v) is 7.48. The summed E-state index contributed by atoms with van der Waals surface area (Å²) in [7, 11) is 0. The zero-order valence-corrected chi connectivity index (χ0v) is 12.7. The van der Waals surface area contributed by atoms with Crippen molar-refractivity contribution in [2.45, 2.75) is 13.5 Å². The molecule has 0 unspecified atom stereocenters. The third-order valence-electron chi connectivity index (χ3n) is 4.12. The summed E-state index contributed by atoms with van der Waals surface area (Å²) in [6.07, 6.45) is 0. The smallest absolute Gasteiger partial charge is 0.371 e. The van der Waals surface area contributed by atoms with Crippen LogP contribution in [0.25, 0.3) is 0 Å². The van der Waals surface area contributed by atoms with E-state index in [4.69, 9.17) is 9.52 Å². The number of aromatic carboxylic acids is 1. The first kappa shape index (κ1) is 14.7. The summed E-state index contributed by atoms with van der Waals surface area (Å²) < 4.78 is 5.27. The molecule has 0 spiro atoms. The number of hydrogen-bond donors (Lipinski definition) is 1. The number of piperazine rings is 1. The normalized spacial score (nSPS) is 16.0. The van der Waals surface area contributed by atoms with Crippen molar-refractivity contribution >= 4 is 11.7 Å². The maximum absolute atomic E-state index is 10.9. The summed E-state index contributed by atoms with van der Waals surface area (Å²) in [6.45, 7) is 6.44. The number of benzene rings is 1. The van der Waals surface area contributed by atoms with Crippen molar-refractivity contribution in [3.63, 3.8) is 0 Å². The van der Waals surface area contributed by atoms with Crippen molar-refractivity contribution in [1.82, 2.24) is 4.90 Å². The van der Waals surface area contributed by atoms with E-state index < -0.39 is 5.97 Å². The van der Waals surface area contributed by atoms with Crippen LogP contribution in [-0.4, -0.2) is 42.2 Å². The van der Waals surface area contributed by atoms with Crippen LogP contribution in [0.2, 0.25) is 0 Å². The highest BCUT2D eigenvalue weighted by atomic mass is 16.4. The van der Waals surface area contributed by atoms with Gasteiger partial charge in [-0.2, -0.15) is 0 Å². The molecule has 0 atom stereocenters. The molecule has 1 aliphatic heterocycles. The second-order valence-corrected chi connectivity index (χ2v) is 5.60. The molecule has 0 amide bonds. The van der Waals surface area contributed by atoms with E-state index in [0.29, 0.717) is 5.76 Å². The van der Waals surface area contributed by atoms with Crippen LogP contribution >= 0.6 is 0 Å². The molecule has 1 saturated heterocycles. The van der Waals surface area contributed by atoms with Crippen LogP contribution in [0.1, 0.15) is 21.9 Å². The second kappa shape index (κ2) is 6.23. The van der Waals surface area contributed by atoms with Crippen LogP contribution in [0.15, 0.2) is 40.8 Å². The first-order valence-electron chi connectivity index (χ1n) is 7.48. The fourth-order valence-electron chi connectivity index (χ4n) is 2.83. The Hall–Kier alpha value is -2.27. The minimum atomic E-state index is -1.01. The molecule has 0 bridgehead atoms. The molecule has 0 radical (unpaired) electrons. The molecule has 2 aromatic rings. The summed E-state index contributed by atoms with van der Waals surface area (Å²) in [5.74, 6) is -0.290. The number of aryl methyl sites for hydroxylation is 1. The fraction of sp³-hybridized carbons (Fsp3) is 0.353. The monoisotopic (exact) mass is 300 g/mol. The molecule has 116 valence electrons. The van der Waals surface area contributed by atoms with Crippen molar-refractivity contribution in [3.8, 4) is 0 Å². The van der Waals surface area contributed by atoms with Gasteiger partial charge in [0.2, 0.25) is 5.76 Å². The summed E-state index contributed by atoms with van der Waals surface area (Å²) in [6, 6.07) is 12.1. The van der Waals surface area contributed by atoms with Crippen molar-refractivity contribution in [1.29, 1.82) is 0 Å². The van der Waals surface area contributed by atoms with Gasteiger partial charge in [0.25, 0.3) is 0 Å². The Labute approximate surface area is 129 Å². The van der Waals surface area contributed by atoms with Crippen molar-refractivity contribution < 1.29 is 14.3 Å². The summed E-state index contributed by atoms with van der Waals surface area (Å²) >= 11 is 0. The highest BCUT2D eigenvalue weighted by molar-refractivity contribution is 5.84. The second-order valence-electron chi connectivity index (χ2n) is 5.60. The molecule has 1 fully saturated rings. The lowest BCUT2D eigenvalue weighted by Crippen LogP contribution is -2.45. The summed E-state index contributed by atoms with van der Waals surface area (Å²) in [5, 5.41) is 8.98. The lowest BCUT2D eigenvalue weighted by molar-refractivity contribution is 0.0661. The van der Waals surface area contributed by atoms with Gasteiger partial charge in [-0.15, -0.1) is 0 Å². The Morgan fingerprint density at radius 1 is 1.18 bits per heavy atom. The molecule has 2 heterocycles. The predicted molar refractivity (Wildman–Crippen MR) is 84.3 cm³/mol. The number of hydrogen-bond acceptors (Lipinski definition) is 4. The number of carboxylic acids is 1. The highest BCUT2D eigenvalue weighted by Gasteiger charge is 2.20. The van der Waals surface area contributed by atoms with Gasteiger partial charge in [0.15, 0.2) is 0 Å². The Bertz CT molecular complexity index is 643. The van der Waals surface area contributed by atoms with Crippen molar-refractivity contribution in [3.05, 3.63) is 53.5 Å².